The molecule has 6 heteroatoms. The monoisotopic (exact) mass is 453 g/mol. The van der Waals surface area contributed by atoms with Gasteiger partial charge in [0.2, 0.25) is 0 Å². The molecule has 0 bridgehead atoms. The zero-order valence-corrected chi connectivity index (χ0v) is 18.0. The molecule has 1 saturated heterocycles. The molecule has 1 N–H and O–H groups in total. The highest BCUT2D eigenvalue weighted by Gasteiger charge is 2.33. The van der Waals surface area contributed by atoms with Gasteiger partial charge in [0.05, 0.1) is 12.2 Å². The number of ether oxygens (including phenoxy) is 2. The van der Waals surface area contributed by atoms with Crippen molar-refractivity contribution >= 4 is 29.9 Å². The molecule has 24 heavy (non-hydrogen) atoms. The quantitative estimate of drug-likeness (QED) is 0.365. The van der Waals surface area contributed by atoms with E-state index in [1.807, 2.05) is 7.05 Å². The van der Waals surface area contributed by atoms with E-state index in [4.69, 9.17) is 9.47 Å². The van der Waals surface area contributed by atoms with Crippen LogP contribution in [0.3, 0.4) is 0 Å². The Morgan fingerprint density at radius 3 is 2.67 bits per heavy atom. The van der Waals surface area contributed by atoms with Crippen LogP contribution in [-0.2, 0) is 9.47 Å². The van der Waals surface area contributed by atoms with E-state index in [0.29, 0.717) is 5.92 Å². The van der Waals surface area contributed by atoms with E-state index in [2.05, 4.69) is 29.2 Å². The van der Waals surface area contributed by atoms with Gasteiger partial charge in [0, 0.05) is 46.3 Å². The first kappa shape index (κ1) is 22.0. The second-order valence-corrected chi connectivity index (χ2v) is 7.10. The second kappa shape index (κ2) is 11.5. The SMILES string of the molecule is CCCOC1(CNC(=NC)N(C)CC2CCOC2)CCCCC1.I. The van der Waals surface area contributed by atoms with E-state index in [1.165, 1.54) is 19.3 Å². The Bertz CT molecular complexity index is 367. The number of guanidine groups is 1. The molecular formula is C18H36IN3O2. The van der Waals surface area contributed by atoms with Gasteiger partial charge in [-0.3, -0.25) is 4.99 Å². The lowest BCUT2D eigenvalue weighted by molar-refractivity contribution is -0.0659. The largest absolute Gasteiger partial charge is 0.381 e. The molecule has 0 aromatic heterocycles. The van der Waals surface area contributed by atoms with Crippen molar-refractivity contribution in [3.05, 3.63) is 0 Å². The minimum atomic E-state index is 0. The maximum atomic E-state index is 6.27. The van der Waals surface area contributed by atoms with Crippen LogP contribution < -0.4 is 5.32 Å². The fourth-order valence-electron chi connectivity index (χ4n) is 3.71. The van der Waals surface area contributed by atoms with Crippen molar-refractivity contribution in [3.63, 3.8) is 0 Å². The summed E-state index contributed by atoms with van der Waals surface area (Å²) in [7, 11) is 3.98. The van der Waals surface area contributed by atoms with Gasteiger partial charge in [-0.1, -0.05) is 26.2 Å². The minimum absolute atomic E-state index is 0. The minimum Gasteiger partial charge on any atom is -0.381 e. The van der Waals surface area contributed by atoms with Gasteiger partial charge in [-0.2, -0.15) is 0 Å². The van der Waals surface area contributed by atoms with Gasteiger partial charge in [0.1, 0.15) is 0 Å². The second-order valence-electron chi connectivity index (χ2n) is 7.10. The fourth-order valence-corrected chi connectivity index (χ4v) is 3.71. The number of nitrogens with one attached hydrogen (secondary N) is 1. The standard InChI is InChI=1S/C18H35N3O2.HI/c1-4-11-23-18(9-6-5-7-10-18)15-20-17(19-2)21(3)13-16-8-12-22-14-16;/h16H,4-15H2,1-3H3,(H,19,20);1H. The first-order valence-electron chi connectivity index (χ1n) is 9.32. The summed E-state index contributed by atoms with van der Waals surface area (Å²) in [4.78, 5) is 6.69. The molecule has 0 amide bonds. The molecule has 5 nitrogen and oxygen atoms in total. The highest BCUT2D eigenvalue weighted by atomic mass is 127. The Morgan fingerprint density at radius 2 is 2.08 bits per heavy atom. The molecule has 2 fully saturated rings. The summed E-state index contributed by atoms with van der Waals surface area (Å²) in [5.41, 5.74) is 0.00150. The normalized spacial score (nSPS) is 23.6. The topological polar surface area (TPSA) is 46.1 Å². The Kier molecular flexibility index (Phi) is 10.5. The van der Waals surface area contributed by atoms with Crippen LogP contribution in [0.4, 0.5) is 0 Å². The van der Waals surface area contributed by atoms with Crippen molar-refractivity contribution in [3.8, 4) is 0 Å². The van der Waals surface area contributed by atoms with Gasteiger partial charge >= 0.3 is 0 Å². The number of nitrogens with zero attached hydrogens (tertiary/aromatic N) is 2. The van der Waals surface area contributed by atoms with E-state index < -0.39 is 0 Å². The Morgan fingerprint density at radius 1 is 1.33 bits per heavy atom. The third-order valence-corrected chi connectivity index (χ3v) is 5.08. The molecule has 0 aromatic carbocycles. The van der Waals surface area contributed by atoms with Crippen LogP contribution in [-0.4, -0.2) is 63.5 Å². The fraction of sp³-hybridized carbons (Fsp3) is 0.944. The van der Waals surface area contributed by atoms with Crippen LogP contribution in [0.2, 0.25) is 0 Å². The Hall–Kier alpha value is -0.0800. The van der Waals surface area contributed by atoms with Crippen LogP contribution >= 0.6 is 24.0 Å². The van der Waals surface area contributed by atoms with Crippen molar-refractivity contribution in [1.82, 2.24) is 10.2 Å². The van der Waals surface area contributed by atoms with E-state index >= 15 is 0 Å². The van der Waals surface area contributed by atoms with Gasteiger partial charge in [0.15, 0.2) is 5.96 Å². The van der Waals surface area contributed by atoms with E-state index in [9.17, 15) is 0 Å². The van der Waals surface area contributed by atoms with Crippen LogP contribution in [0.25, 0.3) is 0 Å². The predicted molar refractivity (Wildman–Crippen MR) is 110 cm³/mol. The van der Waals surface area contributed by atoms with E-state index in [0.717, 1.165) is 64.6 Å². The molecule has 0 aromatic rings. The van der Waals surface area contributed by atoms with Gasteiger partial charge in [-0.15, -0.1) is 24.0 Å². The van der Waals surface area contributed by atoms with Gasteiger partial charge in [-0.05, 0) is 25.7 Å². The average Bonchev–Trinajstić information content (AvgIpc) is 3.07. The highest BCUT2D eigenvalue weighted by molar-refractivity contribution is 14.0. The first-order valence-corrected chi connectivity index (χ1v) is 9.32. The number of hydrogen-bond donors (Lipinski definition) is 1. The maximum absolute atomic E-state index is 6.27. The predicted octanol–water partition coefficient (Wildman–Crippen LogP) is 3.28. The lowest BCUT2D eigenvalue weighted by atomic mass is 9.84. The van der Waals surface area contributed by atoms with Crippen molar-refractivity contribution < 1.29 is 9.47 Å². The van der Waals surface area contributed by atoms with Crippen molar-refractivity contribution in [2.45, 2.75) is 57.5 Å². The third-order valence-electron chi connectivity index (χ3n) is 5.08. The molecule has 0 spiro atoms. The van der Waals surface area contributed by atoms with Gasteiger partial charge in [-0.25, -0.2) is 0 Å². The zero-order chi connectivity index (χ0) is 16.5. The Labute approximate surface area is 165 Å². The van der Waals surface area contributed by atoms with Crippen molar-refractivity contribution in [2.24, 2.45) is 10.9 Å². The molecule has 2 rings (SSSR count). The van der Waals surface area contributed by atoms with Crippen LogP contribution in [0, 0.1) is 5.92 Å². The summed E-state index contributed by atoms with van der Waals surface area (Å²) in [5.74, 6) is 1.60. The smallest absolute Gasteiger partial charge is 0.193 e. The molecule has 1 saturated carbocycles. The molecule has 0 radical (unpaired) electrons. The number of aliphatic imine (C=N–C) groups is 1. The first-order chi connectivity index (χ1) is 11.2. The van der Waals surface area contributed by atoms with Crippen LogP contribution in [0.5, 0.6) is 0 Å². The molecular weight excluding hydrogens is 417 g/mol. The zero-order valence-electron chi connectivity index (χ0n) is 15.7. The molecule has 1 atom stereocenters. The van der Waals surface area contributed by atoms with Crippen LogP contribution in [0.15, 0.2) is 4.99 Å². The summed E-state index contributed by atoms with van der Waals surface area (Å²) in [6.45, 7) is 6.69. The van der Waals surface area contributed by atoms with E-state index in [1.54, 1.807) is 0 Å². The maximum Gasteiger partial charge on any atom is 0.193 e. The lowest BCUT2D eigenvalue weighted by Gasteiger charge is -2.38. The summed E-state index contributed by atoms with van der Waals surface area (Å²) in [6, 6.07) is 0. The molecule has 2 aliphatic rings. The average molecular weight is 453 g/mol. The van der Waals surface area contributed by atoms with Gasteiger partial charge in [0.25, 0.3) is 0 Å². The summed E-state index contributed by atoms with van der Waals surface area (Å²) >= 11 is 0. The number of rotatable bonds is 7. The summed E-state index contributed by atoms with van der Waals surface area (Å²) < 4.78 is 11.8. The number of hydrogen-bond acceptors (Lipinski definition) is 3. The van der Waals surface area contributed by atoms with Crippen LogP contribution in [0.1, 0.15) is 51.9 Å². The Balaban J connectivity index is 0.00000288. The third kappa shape index (κ3) is 6.67. The summed E-state index contributed by atoms with van der Waals surface area (Å²) in [6.07, 6.45) is 8.46. The van der Waals surface area contributed by atoms with E-state index in [-0.39, 0.29) is 29.6 Å². The van der Waals surface area contributed by atoms with Crippen molar-refractivity contribution in [2.75, 3.05) is 47.0 Å². The molecule has 1 unspecified atom stereocenters. The molecule has 1 aliphatic carbocycles. The summed E-state index contributed by atoms with van der Waals surface area (Å²) in [5, 5.41) is 3.57. The van der Waals surface area contributed by atoms with Gasteiger partial charge < -0.3 is 19.7 Å². The number of halogens is 1. The van der Waals surface area contributed by atoms with Crippen molar-refractivity contribution in [1.29, 1.82) is 0 Å². The molecule has 142 valence electrons. The molecule has 1 heterocycles. The lowest BCUT2D eigenvalue weighted by Crippen LogP contribution is -2.50. The highest BCUT2D eigenvalue weighted by Crippen LogP contribution is 2.31. The molecule has 1 aliphatic heterocycles.